The summed E-state index contributed by atoms with van der Waals surface area (Å²) in [6.45, 7) is 9.07. The molecule has 0 aliphatic carbocycles. The summed E-state index contributed by atoms with van der Waals surface area (Å²) in [5.41, 5.74) is 6.64. The Labute approximate surface area is 161 Å². The first kappa shape index (κ1) is 19.2. The summed E-state index contributed by atoms with van der Waals surface area (Å²) < 4.78 is 0. The van der Waals surface area contributed by atoms with Crippen LogP contribution in [0.2, 0.25) is 17.3 Å². The van der Waals surface area contributed by atoms with Gasteiger partial charge in [-0.15, -0.1) is 0 Å². The number of hydrogen-bond donors (Lipinski definition) is 0. The maximum absolute atomic E-state index is 4.79. The van der Waals surface area contributed by atoms with E-state index in [0.29, 0.717) is 0 Å². The summed E-state index contributed by atoms with van der Waals surface area (Å²) >= 11 is -1.67. The fraction of sp³-hybridized carbons (Fsp3) is 0.375. The van der Waals surface area contributed by atoms with Crippen LogP contribution in [0.15, 0.2) is 48.7 Å². The quantitative estimate of drug-likeness (QED) is 0.430. The number of aromatic nitrogens is 1. The van der Waals surface area contributed by atoms with E-state index < -0.39 is 13.3 Å². The standard InChI is InChI=1S/C24H31GeN/c1-17-16-26-23(14-20(17)15-25(5,6)7)19-12-18-10-8-9-11-21(18)22(13-19)24(2,3)4/h8-14,16H,15H2,1-7H3. The average Bonchev–Trinajstić information content (AvgIpc) is 2.53. The zero-order valence-corrected chi connectivity index (χ0v) is 19.4. The van der Waals surface area contributed by atoms with Gasteiger partial charge in [-0.05, 0) is 0 Å². The van der Waals surface area contributed by atoms with Crippen LogP contribution in [0, 0.1) is 6.92 Å². The van der Waals surface area contributed by atoms with E-state index in [1.165, 1.54) is 38.3 Å². The van der Waals surface area contributed by atoms with Crippen LogP contribution >= 0.6 is 0 Å². The van der Waals surface area contributed by atoms with Crippen LogP contribution < -0.4 is 0 Å². The molecule has 0 aliphatic heterocycles. The molecule has 3 aromatic rings. The second-order valence-electron chi connectivity index (χ2n) is 9.73. The topological polar surface area (TPSA) is 12.9 Å². The zero-order chi connectivity index (χ0) is 19.1. The van der Waals surface area contributed by atoms with E-state index in [0.717, 1.165) is 5.69 Å². The Morgan fingerprint density at radius 3 is 2.31 bits per heavy atom. The van der Waals surface area contributed by atoms with Gasteiger partial charge in [0.15, 0.2) is 0 Å². The first-order chi connectivity index (χ1) is 12.0. The number of aryl methyl sites for hydroxylation is 1. The number of nitrogens with zero attached hydrogens (tertiary/aromatic N) is 1. The SMILES string of the molecule is Cc1cnc(-c2cc(C(C)(C)C)c3ccccc3c2)cc1[CH2][Ge]([CH3])([CH3])[CH3]. The van der Waals surface area contributed by atoms with Gasteiger partial charge in [0.05, 0.1) is 0 Å². The molecule has 2 aromatic carbocycles. The summed E-state index contributed by atoms with van der Waals surface area (Å²) in [5, 5.41) is 3.90. The molecule has 0 N–H and O–H groups in total. The van der Waals surface area contributed by atoms with Crippen molar-refractivity contribution in [1.82, 2.24) is 4.98 Å². The summed E-state index contributed by atoms with van der Waals surface area (Å²) in [7, 11) is 0. The van der Waals surface area contributed by atoms with E-state index in [-0.39, 0.29) is 5.41 Å². The van der Waals surface area contributed by atoms with Crippen LogP contribution in [0.3, 0.4) is 0 Å². The van der Waals surface area contributed by atoms with Crippen molar-refractivity contribution in [1.29, 1.82) is 0 Å². The molecule has 3 rings (SSSR count). The van der Waals surface area contributed by atoms with Crippen LogP contribution in [-0.2, 0) is 10.7 Å². The van der Waals surface area contributed by atoms with Crippen LogP contribution in [-0.4, -0.2) is 18.3 Å². The molecule has 136 valence electrons. The first-order valence-corrected chi connectivity index (χ1v) is 17.3. The molecule has 0 bridgehead atoms. The molecule has 0 aliphatic rings. The predicted octanol–water partition coefficient (Wildman–Crippen LogP) is 6.93. The van der Waals surface area contributed by atoms with Crippen LogP contribution in [0.25, 0.3) is 22.0 Å². The Hall–Kier alpha value is -1.61. The maximum atomic E-state index is 4.79. The van der Waals surface area contributed by atoms with Crippen LogP contribution in [0.5, 0.6) is 0 Å². The minimum atomic E-state index is -1.67. The molecule has 0 fully saturated rings. The van der Waals surface area contributed by atoms with Gasteiger partial charge in [0, 0.05) is 0 Å². The Kier molecular flexibility index (Phi) is 5.05. The molecule has 0 spiro atoms. The molecule has 0 saturated heterocycles. The van der Waals surface area contributed by atoms with Crippen LogP contribution in [0.4, 0.5) is 0 Å². The fourth-order valence-electron chi connectivity index (χ4n) is 3.56. The molecule has 0 atom stereocenters. The van der Waals surface area contributed by atoms with Gasteiger partial charge in [0.2, 0.25) is 0 Å². The van der Waals surface area contributed by atoms with E-state index in [9.17, 15) is 0 Å². The van der Waals surface area contributed by atoms with E-state index in [1.54, 1.807) is 0 Å². The molecule has 1 nitrogen and oxygen atoms in total. The fourth-order valence-corrected chi connectivity index (χ4v) is 6.76. The van der Waals surface area contributed by atoms with Crippen molar-refractivity contribution < 1.29 is 0 Å². The minimum absolute atomic E-state index is 0.101. The van der Waals surface area contributed by atoms with E-state index in [4.69, 9.17) is 4.98 Å². The number of hydrogen-bond acceptors (Lipinski definition) is 1. The molecule has 26 heavy (non-hydrogen) atoms. The molecule has 0 saturated carbocycles. The molecular weight excluding hydrogens is 375 g/mol. The number of rotatable bonds is 3. The van der Waals surface area contributed by atoms with Gasteiger partial charge in [-0.1, -0.05) is 0 Å². The first-order valence-electron chi connectivity index (χ1n) is 9.54. The number of pyridine rings is 1. The van der Waals surface area contributed by atoms with Gasteiger partial charge in [-0.3, -0.25) is 0 Å². The monoisotopic (exact) mass is 407 g/mol. The van der Waals surface area contributed by atoms with Gasteiger partial charge < -0.3 is 0 Å². The third kappa shape index (κ3) is 4.20. The summed E-state index contributed by atoms with van der Waals surface area (Å²) in [6.07, 6.45) is 2.06. The van der Waals surface area contributed by atoms with Crippen molar-refractivity contribution in [2.45, 2.75) is 55.6 Å². The second kappa shape index (κ2) is 6.85. The zero-order valence-electron chi connectivity index (χ0n) is 17.3. The van der Waals surface area contributed by atoms with Crippen molar-refractivity contribution in [3.63, 3.8) is 0 Å². The van der Waals surface area contributed by atoms with Crippen molar-refractivity contribution >= 4 is 24.0 Å². The average molecular weight is 406 g/mol. The third-order valence-electron chi connectivity index (χ3n) is 4.90. The molecule has 0 radical (unpaired) electrons. The van der Waals surface area contributed by atoms with Gasteiger partial charge in [-0.2, -0.15) is 0 Å². The van der Waals surface area contributed by atoms with Gasteiger partial charge >= 0.3 is 161 Å². The predicted molar refractivity (Wildman–Crippen MR) is 118 cm³/mol. The Balaban J connectivity index is 2.18. The van der Waals surface area contributed by atoms with Crippen molar-refractivity contribution in [3.8, 4) is 11.3 Å². The molecular formula is C24H31GeN. The number of benzene rings is 2. The molecule has 2 heteroatoms. The second-order valence-corrected chi connectivity index (χ2v) is 21.2. The van der Waals surface area contributed by atoms with E-state index >= 15 is 0 Å². The van der Waals surface area contributed by atoms with Crippen molar-refractivity contribution in [2.24, 2.45) is 0 Å². The Bertz CT molecular complexity index is 943. The Morgan fingerprint density at radius 1 is 0.962 bits per heavy atom. The van der Waals surface area contributed by atoms with E-state index in [1.807, 2.05) is 0 Å². The van der Waals surface area contributed by atoms with Gasteiger partial charge in [0.1, 0.15) is 0 Å². The Morgan fingerprint density at radius 2 is 1.65 bits per heavy atom. The number of fused-ring (bicyclic) bond motifs is 1. The molecule has 0 unspecified atom stereocenters. The molecule has 1 heterocycles. The molecule has 0 amide bonds. The van der Waals surface area contributed by atoms with E-state index in [2.05, 4.69) is 93.6 Å². The third-order valence-corrected chi connectivity index (χ3v) is 7.93. The summed E-state index contributed by atoms with van der Waals surface area (Å²) in [5.74, 6) is 7.44. The van der Waals surface area contributed by atoms with Crippen LogP contribution in [0.1, 0.15) is 37.5 Å². The molecule has 1 aromatic heterocycles. The summed E-state index contributed by atoms with van der Waals surface area (Å²) in [4.78, 5) is 4.79. The van der Waals surface area contributed by atoms with Crippen molar-refractivity contribution in [3.05, 3.63) is 65.4 Å². The normalized spacial score (nSPS) is 12.6. The summed E-state index contributed by atoms with van der Waals surface area (Å²) in [6, 6.07) is 15.7. The van der Waals surface area contributed by atoms with Gasteiger partial charge in [-0.25, -0.2) is 0 Å². The van der Waals surface area contributed by atoms with Crippen molar-refractivity contribution in [2.75, 3.05) is 0 Å². The van der Waals surface area contributed by atoms with Gasteiger partial charge in [0.25, 0.3) is 0 Å².